The monoisotopic (exact) mass is 409 g/mol. The van der Waals surface area contributed by atoms with Gasteiger partial charge in [0.2, 0.25) is 0 Å². The summed E-state index contributed by atoms with van der Waals surface area (Å²) in [6.07, 6.45) is 0. The molecule has 2 aromatic carbocycles. The zero-order chi connectivity index (χ0) is 21.1. The highest BCUT2D eigenvalue weighted by Crippen LogP contribution is 2.26. The van der Waals surface area contributed by atoms with Crippen molar-refractivity contribution in [3.63, 3.8) is 0 Å². The van der Waals surface area contributed by atoms with Gasteiger partial charge in [0.1, 0.15) is 5.76 Å². The van der Waals surface area contributed by atoms with Crippen molar-refractivity contribution in [2.75, 3.05) is 5.32 Å². The molecule has 0 aliphatic carbocycles. The minimum atomic E-state index is -0.513. The fourth-order valence-electron chi connectivity index (χ4n) is 2.78. The van der Waals surface area contributed by atoms with Gasteiger partial charge in [0.05, 0.1) is 16.2 Å². The first-order valence-electron chi connectivity index (χ1n) is 8.80. The number of amides is 1. The van der Waals surface area contributed by atoms with E-state index in [9.17, 15) is 14.9 Å². The van der Waals surface area contributed by atoms with E-state index in [2.05, 4.69) is 10.6 Å². The number of thiocarbonyl (C=S) groups is 1. The molecule has 0 atom stereocenters. The van der Waals surface area contributed by atoms with Gasteiger partial charge in [0, 0.05) is 11.6 Å². The average molecular weight is 409 g/mol. The highest BCUT2D eigenvalue weighted by Gasteiger charge is 2.17. The molecule has 0 aliphatic rings. The first kappa shape index (κ1) is 20.2. The summed E-state index contributed by atoms with van der Waals surface area (Å²) in [5, 5.41) is 16.4. The van der Waals surface area contributed by atoms with Gasteiger partial charge in [-0.3, -0.25) is 20.2 Å². The van der Waals surface area contributed by atoms with Crippen LogP contribution in [0.5, 0.6) is 0 Å². The number of rotatable bonds is 4. The van der Waals surface area contributed by atoms with E-state index in [0.717, 1.165) is 11.1 Å². The largest absolute Gasteiger partial charge is 0.451 e. The van der Waals surface area contributed by atoms with Crippen molar-refractivity contribution in [1.82, 2.24) is 5.32 Å². The Kier molecular flexibility index (Phi) is 5.74. The number of anilines is 1. The van der Waals surface area contributed by atoms with E-state index in [-0.39, 0.29) is 16.6 Å². The molecule has 29 heavy (non-hydrogen) atoms. The second-order valence-corrected chi connectivity index (χ2v) is 6.99. The predicted molar refractivity (Wildman–Crippen MR) is 115 cm³/mol. The number of aryl methyl sites for hydroxylation is 2. The molecule has 3 rings (SSSR count). The molecule has 1 amide bonds. The van der Waals surface area contributed by atoms with Crippen molar-refractivity contribution in [3.8, 4) is 11.3 Å². The molecular formula is C21H19N3O4S. The fraction of sp³-hybridized carbons (Fsp3) is 0.143. The molecule has 0 saturated carbocycles. The van der Waals surface area contributed by atoms with Crippen LogP contribution in [-0.4, -0.2) is 15.9 Å². The zero-order valence-corrected chi connectivity index (χ0v) is 16.9. The third-order valence-corrected chi connectivity index (χ3v) is 4.80. The molecule has 0 spiro atoms. The minimum absolute atomic E-state index is 0.0164. The van der Waals surface area contributed by atoms with Crippen molar-refractivity contribution in [3.05, 3.63) is 81.1 Å². The molecule has 3 aromatic rings. The summed E-state index contributed by atoms with van der Waals surface area (Å²) in [6.45, 7) is 5.64. The lowest BCUT2D eigenvalue weighted by molar-refractivity contribution is -0.385. The summed E-state index contributed by atoms with van der Waals surface area (Å²) in [4.78, 5) is 23.0. The maximum absolute atomic E-state index is 12.4. The maximum Gasteiger partial charge on any atom is 0.293 e. The van der Waals surface area contributed by atoms with Crippen molar-refractivity contribution in [1.29, 1.82) is 0 Å². The number of nitrogens with one attached hydrogen (secondary N) is 2. The standard InChI is InChI=1S/C21H19N3O4S/c1-12-7-8-15(11-13(12)2)18-9-10-19(28-18)20(25)23-21(29)22-16-5-4-6-17(14(16)3)24(26)27/h4-11H,1-3H3,(H2,22,23,25,29). The number of nitro benzene ring substituents is 1. The summed E-state index contributed by atoms with van der Waals surface area (Å²) in [7, 11) is 0. The Morgan fingerprint density at radius 1 is 1.07 bits per heavy atom. The molecule has 1 aromatic heterocycles. The van der Waals surface area contributed by atoms with Crippen LogP contribution in [0.4, 0.5) is 11.4 Å². The summed E-state index contributed by atoms with van der Waals surface area (Å²) in [6, 6.07) is 13.8. The molecule has 2 N–H and O–H groups in total. The Bertz CT molecular complexity index is 1120. The number of furan rings is 1. The molecule has 0 aliphatic heterocycles. The van der Waals surface area contributed by atoms with Crippen LogP contribution in [0.3, 0.4) is 0 Å². The second-order valence-electron chi connectivity index (χ2n) is 6.58. The summed E-state index contributed by atoms with van der Waals surface area (Å²) in [5.74, 6) is 0.172. The van der Waals surface area contributed by atoms with Gasteiger partial charge in [-0.2, -0.15) is 0 Å². The molecule has 8 heteroatoms. The SMILES string of the molecule is Cc1ccc(-c2ccc(C(=O)NC(=S)Nc3cccc([N+](=O)[O-])c3C)o2)cc1C. The Labute approximate surface area is 172 Å². The first-order chi connectivity index (χ1) is 13.8. The van der Waals surface area contributed by atoms with Crippen LogP contribution in [0.2, 0.25) is 0 Å². The lowest BCUT2D eigenvalue weighted by Gasteiger charge is -2.11. The van der Waals surface area contributed by atoms with Gasteiger partial charge < -0.3 is 9.73 Å². The van der Waals surface area contributed by atoms with Gasteiger partial charge in [-0.1, -0.05) is 18.2 Å². The van der Waals surface area contributed by atoms with E-state index in [4.69, 9.17) is 16.6 Å². The van der Waals surface area contributed by atoms with Gasteiger partial charge >= 0.3 is 0 Å². The second kappa shape index (κ2) is 8.24. The van der Waals surface area contributed by atoms with E-state index in [0.29, 0.717) is 17.0 Å². The quantitative estimate of drug-likeness (QED) is 0.361. The number of nitro groups is 1. The summed E-state index contributed by atoms with van der Waals surface area (Å²) < 4.78 is 5.66. The lowest BCUT2D eigenvalue weighted by Crippen LogP contribution is -2.34. The van der Waals surface area contributed by atoms with Gasteiger partial charge in [-0.25, -0.2) is 0 Å². The van der Waals surface area contributed by atoms with Crippen LogP contribution in [-0.2, 0) is 0 Å². The van der Waals surface area contributed by atoms with E-state index in [1.54, 1.807) is 31.2 Å². The molecule has 0 unspecified atom stereocenters. The van der Waals surface area contributed by atoms with Crippen molar-refractivity contribution >= 4 is 34.6 Å². The van der Waals surface area contributed by atoms with Crippen molar-refractivity contribution in [2.24, 2.45) is 0 Å². The van der Waals surface area contributed by atoms with Crippen molar-refractivity contribution in [2.45, 2.75) is 20.8 Å². The molecule has 0 saturated heterocycles. The first-order valence-corrected chi connectivity index (χ1v) is 9.21. The molecule has 7 nitrogen and oxygen atoms in total. The number of hydrogen-bond donors (Lipinski definition) is 2. The fourth-order valence-corrected chi connectivity index (χ4v) is 2.99. The third-order valence-electron chi connectivity index (χ3n) is 4.60. The Morgan fingerprint density at radius 2 is 1.83 bits per heavy atom. The summed E-state index contributed by atoms with van der Waals surface area (Å²) >= 11 is 5.16. The van der Waals surface area contributed by atoms with Crippen LogP contribution in [0.1, 0.15) is 27.2 Å². The molecular weight excluding hydrogens is 390 g/mol. The normalized spacial score (nSPS) is 10.4. The van der Waals surface area contributed by atoms with Crippen LogP contribution in [0.25, 0.3) is 11.3 Å². The van der Waals surface area contributed by atoms with Crippen molar-refractivity contribution < 1.29 is 14.1 Å². The molecule has 0 radical (unpaired) electrons. The molecule has 1 heterocycles. The van der Waals surface area contributed by atoms with E-state index >= 15 is 0 Å². The zero-order valence-electron chi connectivity index (χ0n) is 16.1. The van der Waals surface area contributed by atoms with Crippen LogP contribution >= 0.6 is 12.2 Å². The van der Waals surface area contributed by atoms with Gasteiger partial charge in [-0.15, -0.1) is 0 Å². The maximum atomic E-state index is 12.4. The smallest absolute Gasteiger partial charge is 0.293 e. The van der Waals surface area contributed by atoms with Gasteiger partial charge in [0.15, 0.2) is 10.9 Å². The van der Waals surface area contributed by atoms with E-state index in [1.165, 1.54) is 11.6 Å². The molecule has 148 valence electrons. The minimum Gasteiger partial charge on any atom is -0.451 e. The molecule has 0 fully saturated rings. The predicted octanol–water partition coefficient (Wildman–Crippen LogP) is 4.91. The van der Waals surface area contributed by atoms with Gasteiger partial charge in [-0.05, 0) is 68.4 Å². The van der Waals surface area contributed by atoms with E-state index in [1.807, 2.05) is 32.0 Å². The average Bonchev–Trinajstić information content (AvgIpc) is 3.15. The highest BCUT2D eigenvalue weighted by molar-refractivity contribution is 7.80. The molecule has 0 bridgehead atoms. The van der Waals surface area contributed by atoms with Crippen LogP contribution in [0.15, 0.2) is 52.9 Å². The Hall–Kier alpha value is -3.52. The number of hydrogen-bond acceptors (Lipinski definition) is 5. The van der Waals surface area contributed by atoms with E-state index < -0.39 is 10.8 Å². The number of carbonyl (C=O) groups is 1. The third kappa shape index (κ3) is 4.49. The van der Waals surface area contributed by atoms with Gasteiger partial charge in [0.25, 0.3) is 11.6 Å². The Balaban J connectivity index is 1.70. The summed E-state index contributed by atoms with van der Waals surface area (Å²) in [5.41, 5.74) is 4.01. The Morgan fingerprint density at radius 3 is 2.52 bits per heavy atom. The lowest BCUT2D eigenvalue weighted by atomic mass is 10.1. The van der Waals surface area contributed by atoms with Crippen LogP contribution in [0, 0.1) is 30.9 Å². The highest BCUT2D eigenvalue weighted by atomic mass is 32.1. The topological polar surface area (TPSA) is 97.4 Å². The number of nitrogens with zero attached hydrogens (tertiary/aromatic N) is 1. The number of carbonyl (C=O) groups excluding carboxylic acids is 1. The van der Waals surface area contributed by atoms with Crippen LogP contribution < -0.4 is 10.6 Å². The number of benzene rings is 2.